The van der Waals surface area contributed by atoms with Crippen LogP contribution in [0.1, 0.15) is 0 Å². The van der Waals surface area contributed by atoms with Gasteiger partial charge in [-0.3, -0.25) is 36.4 Å². The lowest BCUT2D eigenvalue weighted by molar-refractivity contribution is -0.374. The first kappa shape index (κ1) is 117. The van der Waals surface area contributed by atoms with E-state index >= 15 is 0 Å². The molecule has 0 saturated carbocycles. The summed E-state index contributed by atoms with van der Waals surface area (Å²) in [5, 5.41) is 0. The average molecular weight is 1410 g/mol. The van der Waals surface area contributed by atoms with Crippen LogP contribution in [0.3, 0.4) is 0 Å². The van der Waals surface area contributed by atoms with Gasteiger partial charge < -0.3 is 14.2 Å². The van der Waals surface area contributed by atoms with Crippen LogP contribution < -0.4 is 0 Å². The Balaban J connectivity index is -0.000000151. The average Bonchev–Trinajstić information content (AvgIpc) is 3.15. The Labute approximate surface area is 578 Å². The molecule has 59 heteroatoms. The molecule has 2 aliphatic rings. The van der Waals surface area contributed by atoms with E-state index in [9.17, 15) is 94.7 Å². The Bertz CT molecular complexity index is 2330. The topological polar surface area (TPSA) is 536 Å². The van der Waals surface area contributed by atoms with Gasteiger partial charge in [0.1, 0.15) is 37.1 Å². The maximum atomic E-state index is 11.9. The molecule has 0 aromatic heterocycles. The van der Waals surface area contributed by atoms with Crippen molar-refractivity contribution < 1.29 is 151 Å². The van der Waals surface area contributed by atoms with E-state index in [0.717, 1.165) is 0 Å². The summed E-state index contributed by atoms with van der Waals surface area (Å²) in [6.07, 6.45) is -26.0. The summed E-state index contributed by atoms with van der Waals surface area (Å²) in [6.45, 7) is -6.25. The highest BCUT2D eigenvalue weighted by Gasteiger charge is 2.65. The lowest BCUT2D eigenvalue weighted by atomic mass is 9.99. The third kappa shape index (κ3) is 48.3. The SMILES string of the molecule is O=S(=O)(O)OC[C@H]1O[C@@](COS(=O)(=O)O)(O[C@H]2O[C@H](COS(=O)(=O)O)[C@@H](OS(=O)(=O)O)[C@H](OS(=O)(=O)O)[C@H]2OS(=O)(=O)O)[C@@H](OS(=O)(=O)O)[C@@H]1OS(=O)(=O)O.[Al].[Al].[Al].[Al].[Al].[Al].[Al].[Al].[Al].[Al].[Al].[Al].[Al].[Al].[Al].[Al]. The predicted octanol–water partition coefficient (Wildman–Crippen LogP) is -12.9. The minimum atomic E-state index is -6.24. The van der Waals surface area contributed by atoms with Crippen molar-refractivity contribution in [2.24, 2.45) is 0 Å². The highest BCUT2D eigenvalue weighted by atomic mass is 32.3. The van der Waals surface area contributed by atoms with Crippen LogP contribution in [0.5, 0.6) is 0 Å². The van der Waals surface area contributed by atoms with Crippen LogP contribution in [-0.4, -0.2) is 456 Å². The Morgan fingerprint density at radius 2 is 0.620 bits per heavy atom. The molecule has 0 aromatic rings. The second-order valence-corrected chi connectivity index (χ2v) is 18.2. The summed E-state index contributed by atoms with van der Waals surface area (Å²) in [5.74, 6) is -4.12. The molecule has 71 heavy (non-hydrogen) atoms. The summed E-state index contributed by atoms with van der Waals surface area (Å²) in [4.78, 5) is 0. The van der Waals surface area contributed by atoms with Crippen LogP contribution >= 0.6 is 0 Å². The van der Waals surface area contributed by atoms with E-state index in [1.807, 2.05) is 0 Å². The first-order valence-electron chi connectivity index (χ1n) is 12.3. The van der Waals surface area contributed by atoms with Gasteiger partial charge in [-0.1, -0.05) is 0 Å². The Morgan fingerprint density at radius 1 is 0.338 bits per heavy atom. The second kappa shape index (κ2) is 45.7. The van der Waals surface area contributed by atoms with Crippen LogP contribution in [0.25, 0.3) is 0 Å². The molecule has 376 valence electrons. The third-order valence-electron chi connectivity index (χ3n) is 5.68. The fraction of sp³-hybridized carbons (Fsp3) is 1.00. The highest BCUT2D eigenvalue weighted by molar-refractivity contribution is 7.82. The van der Waals surface area contributed by atoms with Crippen LogP contribution in [-0.2, 0) is 131 Å². The summed E-state index contributed by atoms with van der Waals surface area (Å²) >= 11 is 0. The van der Waals surface area contributed by atoms with Gasteiger partial charge in [0.15, 0.2) is 18.5 Å². The normalized spacial score (nSPS) is 23.8. The molecule has 0 aliphatic carbocycles. The fourth-order valence-electron chi connectivity index (χ4n) is 4.24. The Hall–Kier alpha value is 7.36. The van der Waals surface area contributed by atoms with E-state index < -0.39 is 158 Å². The molecule has 35 nitrogen and oxygen atoms in total. The Kier molecular flexibility index (Phi) is 75.2. The van der Waals surface area contributed by atoms with Crippen LogP contribution in [0.4, 0.5) is 0 Å². The van der Waals surface area contributed by atoms with Crippen molar-refractivity contribution in [1.82, 2.24) is 0 Å². The van der Waals surface area contributed by atoms with Gasteiger partial charge in [0.2, 0.25) is 5.79 Å². The van der Waals surface area contributed by atoms with Crippen LogP contribution in [0.2, 0.25) is 0 Å². The van der Waals surface area contributed by atoms with Crippen molar-refractivity contribution in [3.8, 4) is 0 Å². The van der Waals surface area contributed by atoms with Crippen molar-refractivity contribution in [2.75, 3.05) is 19.8 Å². The molecule has 0 aromatic carbocycles. The van der Waals surface area contributed by atoms with Crippen molar-refractivity contribution in [2.45, 2.75) is 54.8 Å². The molecular weight excluding hydrogens is 1390 g/mol. The Morgan fingerprint density at radius 3 is 0.930 bits per heavy atom. The number of ether oxygens (including phenoxy) is 3. The fourth-order valence-corrected chi connectivity index (χ4v) is 7.68. The third-order valence-corrected chi connectivity index (χ3v) is 9.28. The zero-order chi connectivity index (χ0) is 43.0. The van der Waals surface area contributed by atoms with E-state index in [0.29, 0.717) is 0 Å². The van der Waals surface area contributed by atoms with Gasteiger partial charge in [0.05, 0.1) is 13.2 Å². The van der Waals surface area contributed by atoms with E-state index in [2.05, 4.69) is 33.5 Å². The van der Waals surface area contributed by atoms with E-state index in [1.165, 1.54) is 0 Å². The molecule has 2 rings (SSSR count). The second-order valence-electron chi connectivity index (χ2n) is 9.64. The van der Waals surface area contributed by atoms with Gasteiger partial charge in [-0.25, -0.2) is 33.5 Å². The standard InChI is InChI=1S/C12H22O35S8.16Al/c13-48(14,15)37-1-4-6(43-51(22,23)24)8(45-53(28,29)30)9(46-54(31,32)33)11(40-4)42-12(3-39-50(19,20)21)10(47-55(34,35)36)7(44-52(25,26)27)5(41-12)2-38-49(16,17)18;;;;;;;;;;;;;;;;/h4-11H,1-3H2,(H,13,14,15)(H,16,17,18)(H,19,20,21)(H,22,23,24)(H,25,26,27)(H,28,29,30)(H,31,32,33)(H,34,35,36);;;;;;;;;;;;;;;;/t4-,5-,6-,7-,8+,9-,10+,11-,12+;;;;;;;;;;;;;;;;/m1................/s1. The molecule has 9 atom stereocenters. The van der Waals surface area contributed by atoms with Gasteiger partial charge in [-0.2, -0.15) is 67.3 Å². The maximum Gasteiger partial charge on any atom is 0.397 e. The number of hydrogen-bond donors (Lipinski definition) is 8. The molecule has 2 aliphatic heterocycles. The van der Waals surface area contributed by atoms with Crippen molar-refractivity contribution in [3.63, 3.8) is 0 Å². The first-order chi connectivity index (χ1) is 24.2. The lowest BCUT2D eigenvalue weighted by Crippen LogP contribution is -2.65. The van der Waals surface area contributed by atoms with E-state index in [1.54, 1.807) is 0 Å². The largest absolute Gasteiger partial charge is 0.397 e. The molecule has 0 amide bonds. The van der Waals surface area contributed by atoms with E-state index in [4.69, 9.17) is 23.3 Å². The zero-order valence-electron chi connectivity index (χ0n) is 34.3. The van der Waals surface area contributed by atoms with Crippen LogP contribution in [0, 0.1) is 0 Å². The quantitative estimate of drug-likeness (QED) is 0.0391. The summed E-state index contributed by atoms with van der Waals surface area (Å²) in [7, 11) is -48.3. The zero-order valence-corrected chi connectivity index (χ0v) is 59.4. The predicted molar refractivity (Wildman–Crippen MR) is 244 cm³/mol. The number of rotatable bonds is 21. The molecule has 48 radical (unpaired) electrons. The molecule has 0 spiro atoms. The van der Waals surface area contributed by atoms with Gasteiger partial charge in [0.25, 0.3) is 0 Å². The van der Waals surface area contributed by atoms with Crippen LogP contribution in [0.15, 0.2) is 0 Å². The van der Waals surface area contributed by atoms with Crippen molar-refractivity contribution >= 4 is 361 Å². The minimum absolute atomic E-state index is 0. The van der Waals surface area contributed by atoms with E-state index in [-0.39, 0.29) is 278 Å². The van der Waals surface area contributed by atoms with Crippen molar-refractivity contribution in [3.05, 3.63) is 0 Å². The summed E-state index contributed by atoms with van der Waals surface area (Å²) in [5.41, 5.74) is 0. The smallest absolute Gasteiger partial charge is 0.341 e. The van der Waals surface area contributed by atoms with Gasteiger partial charge in [0, 0.05) is 278 Å². The lowest BCUT2D eigenvalue weighted by Gasteiger charge is -2.45. The monoisotopic (exact) mass is 1410 g/mol. The molecule has 2 fully saturated rings. The molecular formula is C12H22Al16O35S8. The number of hydrogen-bond acceptors (Lipinski definition) is 27. The molecule has 2 heterocycles. The first-order valence-corrected chi connectivity index (χ1v) is 23.2. The molecule has 2 saturated heterocycles. The minimum Gasteiger partial charge on any atom is -0.341 e. The summed E-state index contributed by atoms with van der Waals surface area (Å²) in [6, 6.07) is 0. The van der Waals surface area contributed by atoms with Gasteiger partial charge in [-0.05, 0) is 0 Å². The summed E-state index contributed by atoms with van der Waals surface area (Å²) < 4.78 is 307. The molecule has 0 bridgehead atoms. The maximum absolute atomic E-state index is 11.9. The molecule has 0 unspecified atom stereocenters. The highest BCUT2D eigenvalue weighted by Crippen LogP contribution is 2.42. The molecule has 8 N–H and O–H groups in total. The van der Waals surface area contributed by atoms with Gasteiger partial charge >= 0.3 is 83.2 Å². The van der Waals surface area contributed by atoms with Crippen molar-refractivity contribution in [1.29, 1.82) is 0 Å². The van der Waals surface area contributed by atoms with Gasteiger partial charge in [-0.15, -0.1) is 0 Å².